The minimum absolute atomic E-state index is 0.0359. The molecule has 28 heavy (non-hydrogen) atoms. The molecule has 0 saturated carbocycles. The van der Waals surface area contributed by atoms with Crippen LogP contribution in [-0.4, -0.2) is 36.3 Å². The van der Waals surface area contributed by atoms with Gasteiger partial charge in [0.25, 0.3) is 11.6 Å². The molecular formula is C20H22N2O6. The molecule has 0 bridgehead atoms. The van der Waals surface area contributed by atoms with Crippen molar-refractivity contribution >= 4 is 17.3 Å². The second kappa shape index (κ2) is 9.18. The molecule has 148 valence electrons. The van der Waals surface area contributed by atoms with Crippen LogP contribution in [0.15, 0.2) is 48.5 Å². The lowest BCUT2D eigenvalue weighted by atomic mass is 10.2. The van der Waals surface area contributed by atoms with Crippen LogP contribution >= 0.6 is 0 Å². The first-order valence-electron chi connectivity index (χ1n) is 9.08. The van der Waals surface area contributed by atoms with Gasteiger partial charge in [-0.25, -0.2) is 0 Å². The number of rotatable bonds is 8. The molecule has 0 aliphatic carbocycles. The summed E-state index contributed by atoms with van der Waals surface area (Å²) in [5.74, 6) is 0.765. The number of nitro benzene ring substituents is 1. The molecule has 0 aromatic heterocycles. The summed E-state index contributed by atoms with van der Waals surface area (Å²) in [4.78, 5) is 22.5. The van der Waals surface area contributed by atoms with Crippen molar-refractivity contribution in [2.45, 2.75) is 32.0 Å². The van der Waals surface area contributed by atoms with Gasteiger partial charge in [-0.3, -0.25) is 14.9 Å². The molecule has 8 nitrogen and oxygen atoms in total. The average molecular weight is 386 g/mol. The van der Waals surface area contributed by atoms with Gasteiger partial charge in [-0.05, 0) is 56.2 Å². The number of non-ortho nitro benzene ring substituents is 1. The van der Waals surface area contributed by atoms with Gasteiger partial charge < -0.3 is 19.5 Å². The van der Waals surface area contributed by atoms with Crippen LogP contribution < -0.4 is 14.8 Å². The molecule has 1 aliphatic heterocycles. The number of benzene rings is 2. The van der Waals surface area contributed by atoms with E-state index in [2.05, 4.69) is 5.32 Å². The number of ether oxygens (including phenoxy) is 3. The smallest absolute Gasteiger partial charge is 0.269 e. The molecular weight excluding hydrogens is 364 g/mol. The van der Waals surface area contributed by atoms with E-state index in [1.807, 2.05) is 0 Å². The van der Waals surface area contributed by atoms with Crippen LogP contribution in [0.1, 0.15) is 19.8 Å². The Morgan fingerprint density at radius 3 is 2.50 bits per heavy atom. The Hall–Kier alpha value is -3.13. The fraction of sp³-hybridized carbons (Fsp3) is 0.350. The van der Waals surface area contributed by atoms with Crippen molar-refractivity contribution in [1.29, 1.82) is 0 Å². The highest BCUT2D eigenvalue weighted by atomic mass is 16.6. The third-order valence-corrected chi connectivity index (χ3v) is 4.31. The van der Waals surface area contributed by atoms with Crippen molar-refractivity contribution in [2.24, 2.45) is 0 Å². The molecule has 2 atom stereocenters. The van der Waals surface area contributed by atoms with E-state index in [0.717, 1.165) is 19.4 Å². The van der Waals surface area contributed by atoms with Crippen LogP contribution in [0.25, 0.3) is 0 Å². The summed E-state index contributed by atoms with van der Waals surface area (Å²) >= 11 is 0. The molecule has 1 heterocycles. The number of carbonyl (C=O) groups excluding carboxylic acids is 1. The second-order valence-corrected chi connectivity index (χ2v) is 6.47. The van der Waals surface area contributed by atoms with E-state index in [1.54, 1.807) is 31.2 Å². The normalized spacial score (nSPS) is 17.0. The fourth-order valence-corrected chi connectivity index (χ4v) is 2.75. The van der Waals surface area contributed by atoms with Gasteiger partial charge in [-0.15, -0.1) is 0 Å². The zero-order valence-electron chi connectivity index (χ0n) is 15.5. The van der Waals surface area contributed by atoms with Crippen molar-refractivity contribution in [2.75, 3.05) is 18.5 Å². The van der Waals surface area contributed by atoms with E-state index in [-0.39, 0.29) is 17.7 Å². The number of carbonyl (C=O) groups is 1. The van der Waals surface area contributed by atoms with Gasteiger partial charge in [0.2, 0.25) is 0 Å². The lowest BCUT2D eigenvalue weighted by Gasteiger charge is -2.15. The van der Waals surface area contributed by atoms with Gasteiger partial charge in [0, 0.05) is 24.4 Å². The first-order valence-corrected chi connectivity index (χ1v) is 9.08. The van der Waals surface area contributed by atoms with Gasteiger partial charge >= 0.3 is 0 Å². The molecule has 2 aromatic rings. The topological polar surface area (TPSA) is 99.9 Å². The van der Waals surface area contributed by atoms with Gasteiger partial charge in [0.05, 0.1) is 11.0 Å². The Labute approximate surface area is 162 Å². The molecule has 0 unspecified atom stereocenters. The Balaban J connectivity index is 1.48. The summed E-state index contributed by atoms with van der Waals surface area (Å²) in [7, 11) is 0. The van der Waals surface area contributed by atoms with E-state index in [4.69, 9.17) is 14.2 Å². The van der Waals surface area contributed by atoms with Gasteiger partial charge in [-0.1, -0.05) is 0 Å². The largest absolute Gasteiger partial charge is 0.491 e. The number of anilines is 1. The van der Waals surface area contributed by atoms with Crippen LogP contribution in [0.5, 0.6) is 11.5 Å². The number of amides is 1. The minimum Gasteiger partial charge on any atom is -0.491 e. The predicted molar refractivity (Wildman–Crippen MR) is 103 cm³/mol. The van der Waals surface area contributed by atoms with Crippen molar-refractivity contribution in [3.8, 4) is 11.5 Å². The van der Waals surface area contributed by atoms with E-state index in [9.17, 15) is 14.9 Å². The van der Waals surface area contributed by atoms with Crippen molar-refractivity contribution < 1.29 is 23.9 Å². The predicted octanol–water partition coefficient (Wildman–Crippen LogP) is 3.56. The van der Waals surface area contributed by atoms with E-state index < -0.39 is 11.0 Å². The zero-order valence-corrected chi connectivity index (χ0v) is 15.5. The third-order valence-electron chi connectivity index (χ3n) is 4.31. The number of hydrogen-bond donors (Lipinski definition) is 1. The SMILES string of the molecule is C[C@@H](Oc1ccc([N+](=O)[O-])cc1)C(=O)Nc1ccc(OC[C@H]2CCCO2)cc1. The Bertz CT molecular complexity index is 800. The summed E-state index contributed by atoms with van der Waals surface area (Å²) < 4.78 is 16.7. The summed E-state index contributed by atoms with van der Waals surface area (Å²) in [6.07, 6.45) is 1.47. The summed E-state index contributed by atoms with van der Waals surface area (Å²) in [6.45, 7) is 2.92. The van der Waals surface area contributed by atoms with Crippen LogP contribution in [0.2, 0.25) is 0 Å². The number of hydrogen-bond acceptors (Lipinski definition) is 6. The first kappa shape index (κ1) is 19.6. The second-order valence-electron chi connectivity index (χ2n) is 6.47. The number of nitrogens with zero attached hydrogens (tertiary/aromatic N) is 1. The maximum absolute atomic E-state index is 12.3. The molecule has 3 rings (SSSR count). The Morgan fingerprint density at radius 2 is 1.89 bits per heavy atom. The highest BCUT2D eigenvalue weighted by molar-refractivity contribution is 5.94. The molecule has 0 spiro atoms. The van der Waals surface area contributed by atoms with Crippen molar-refractivity contribution in [3.63, 3.8) is 0 Å². The zero-order chi connectivity index (χ0) is 19.9. The van der Waals surface area contributed by atoms with Crippen molar-refractivity contribution in [1.82, 2.24) is 0 Å². The summed E-state index contributed by atoms with van der Waals surface area (Å²) in [6, 6.07) is 12.6. The lowest BCUT2D eigenvalue weighted by molar-refractivity contribution is -0.384. The minimum atomic E-state index is -0.767. The van der Waals surface area contributed by atoms with Crippen LogP contribution in [0.4, 0.5) is 11.4 Å². The Kier molecular flexibility index (Phi) is 6.44. The fourth-order valence-electron chi connectivity index (χ4n) is 2.75. The summed E-state index contributed by atoms with van der Waals surface area (Å²) in [5.41, 5.74) is 0.583. The van der Waals surface area contributed by atoms with Crippen molar-refractivity contribution in [3.05, 3.63) is 58.6 Å². The highest BCUT2D eigenvalue weighted by Crippen LogP contribution is 2.20. The average Bonchev–Trinajstić information content (AvgIpc) is 3.21. The van der Waals surface area contributed by atoms with E-state index >= 15 is 0 Å². The maximum atomic E-state index is 12.3. The highest BCUT2D eigenvalue weighted by Gasteiger charge is 2.17. The number of nitrogens with one attached hydrogen (secondary N) is 1. The summed E-state index contributed by atoms with van der Waals surface area (Å²) in [5, 5.41) is 13.4. The van der Waals surface area contributed by atoms with E-state index in [1.165, 1.54) is 24.3 Å². The Morgan fingerprint density at radius 1 is 1.21 bits per heavy atom. The molecule has 8 heteroatoms. The molecule has 1 saturated heterocycles. The molecule has 1 N–H and O–H groups in total. The maximum Gasteiger partial charge on any atom is 0.269 e. The molecule has 0 radical (unpaired) electrons. The third kappa shape index (κ3) is 5.43. The molecule has 1 aliphatic rings. The van der Waals surface area contributed by atoms with Gasteiger partial charge in [-0.2, -0.15) is 0 Å². The van der Waals surface area contributed by atoms with Gasteiger partial charge in [0.15, 0.2) is 6.10 Å². The molecule has 1 amide bonds. The van der Waals surface area contributed by atoms with E-state index in [0.29, 0.717) is 23.8 Å². The first-order chi connectivity index (χ1) is 13.5. The monoisotopic (exact) mass is 386 g/mol. The molecule has 2 aromatic carbocycles. The number of nitro groups is 1. The quantitative estimate of drug-likeness (QED) is 0.550. The van der Waals surface area contributed by atoms with Crippen LogP contribution in [0, 0.1) is 10.1 Å². The standard InChI is InChI=1S/C20H22N2O6/c1-14(28-18-10-6-16(7-11-18)22(24)25)20(23)21-15-4-8-17(9-5-15)27-13-19-3-2-12-26-19/h4-11,14,19H,2-3,12-13H2,1H3,(H,21,23)/t14-,19-/m1/s1. The van der Waals surface area contributed by atoms with Crippen LogP contribution in [0.3, 0.4) is 0 Å². The molecule has 1 fully saturated rings. The lowest BCUT2D eigenvalue weighted by Crippen LogP contribution is -2.30. The van der Waals surface area contributed by atoms with Gasteiger partial charge in [0.1, 0.15) is 18.1 Å². The van der Waals surface area contributed by atoms with Crippen LogP contribution in [-0.2, 0) is 9.53 Å².